The molecule has 4 heteroatoms. The number of amides is 1. The van der Waals surface area contributed by atoms with Crippen molar-refractivity contribution in [1.82, 2.24) is 5.32 Å². The summed E-state index contributed by atoms with van der Waals surface area (Å²) in [7, 11) is 0. The molecule has 0 aromatic rings. The third-order valence-electron chi connectivity index (χ3n) is 2.33. The minimum Gasteiger partial charge on any atom is -0.495 e. The second kappa shape index (κ2) is 2.15. The molecule has 2 heterocycles. The van der Waals surface area contributed by atoms with Crippen LogP contribution in [0.1, 0.15) is 13.8 Å². The van der Waals surface area contributed by atoms with Crippen molar-refractivity contribution < 1.29 is 14.3 Å². The van der Waals surface area contributed by atoms with Crippen molar-refractivity contribution in [2.24, 2.45) is 0 Å². The monoisotopic (exact) mass is 169 g/mol. The van der Waals surface area contributed by atoms with Gasteiger partial charge in [-0.25, -0.2) is 4.79 Å². The van der Waals surface area contributed by atoms with Gasteiger partial charge in [-0.1, -0.05) is 0 Å². The number of alkyl carbamates (subject to hydrolysis) is 1. The molecule has 0 aromatic carbocycles. The van der Waals surface area contributed by atoms with Crippen LogP contribution >= 0.6 is 0 Å². The fourth-order valence-corrected chi connectivity index (χ4v) is 1.65. The van der Waals surface area contributed by atoms with Crippen molar-refractivity contribution >= 4 is 6.09 Å². The summed E-state index contributed by atoms with van der Waals surface area (Å²) >= 11 is 0. The van der Waals surface area contributed by atoms with E-state index in [0.717, 1.165) is 0 Å². The largest absolute Gasteiger partial charge is 0.495 e. The zero-order valence-corrected chi connectivity index (χ0v) is 7.03. The molecule has 3 atom stereocenters. The van der Waals surface area contributed by atoms with E-state index in [2.05, 4.69) is 5.32 Å². The maximum atomic E-state index is 10.9. The first kappa shape index (κ1) is 7.46. The Morgan fingerprint density at radius 1 is 1.67 bits per heavy atom. The Balaban J connectivity index is 2.32. The Morgan fingerprint density at radius 3 is 3.08 bits per heavy atom. The van der Waals surface area contributed by atoms with Gasteiger partial charge in [0.15, 0.2) is 6.10 Å². The summed E-state index contributed by atoms with van der Waals surface area (Å²) in [6.45, 7) is 3.80. The summed E-state index contributed by atoms with van der Waals surface area (Å²) in [5.41, 5.74) is -0.394. The summed E-state index contributed by atoms with van der Waals surface area (Å²) in [6, 6.07) is 0. The molecule has 1 N–H and O–H groups in total. The van der Waals surface area contributed by atoms with Gasteiger partial charge in [0.1, 0.15) is 11.6 Å². The maximum absolute atomic E-state index is 10.9. The van der Waals surface area contributed by atoms with Gasteiger partial charge in [-0.15, -0.1) is 0 Å². The molecule has 2 aliphatic heterocycles. The van der Waals surface area contributed by atoms with Crippen LogP contribution in [0.15, 0.2) is 12.3 Å². The maximum Gasteiger partial charge on any atom is 0.408 e. The molecule has 1 fully saturated rings. The smallest absolute Gasteiger partial charge is 0.408 e. The average Bonchev–Trinajstić information content (AvgIpc) is 2.26. The molecule has 12 heavy (non-hydrogen) atoms. The molecule has 1 amide bonds. The van der Waals surface area contributed by atoms with Gasteiger partial charge in [0.25, 0.3) is 0 Å². The fraction of sp³-hybridized carbons (Fsp3) is 0.625. The molecule has 0 saturated carbocycles. The number of carbonyl (C=O) groups is 1. The Morgan fingerprint density at radius 2 is 2.42 bits per heavy atom. The minimum atomic E-state index is -0.394. The molecule has 3 unspecified atom stereocenters. The second-order valence-corrected chi connectivity index (χ2v) is 3.38. The van der Waals surface area contributed by atoms with Crippen LogP contribution in [0.3, 0.4) is 0 Å². The Kier molecular flexibility index (Phi) is 1.34. The van der Waals surface area contributed by atoms with Crippen LogP contribution in [0.4, 0.5) is 4.79 Å². The topological polar surface area (TPSA) is 47.6 Å². The number of nitrogens with one attached hydrogen (secondary N) is 1. The van der Waals surface area contributed by atoms with Crippen LogP contribution in [0.2, 0.25) is 0 Å². The molecule has 0 aliphatic carbocycles. The highest BCUT2D eigenvalue weighted by molar-refractivity contribution is 5.72. The predicted molar refractivity (Wildman–Crippen MR) is 41.5 cm³/mol. The molecule has 0 aromatic heterocycles. The van der Waals surface area contributed by atoms with Crippen LogP contribution in [-0.4, -0.2) is 23.8 Å². The van der Waals surface area contributed by atoms with Gasteiger partial charge in [0, 0.05) is 0 Å². The van der Waals surface area contributed by atoms with Crippen molar-refractivity contribution in [3.63, 3.8) is 0 Å². The molecule has 1 saturated heterocycles. The van der Waals surface area contributed by atoms with Gasteiger partial charge in [-0.3, -0.25) is 0 Å². The lowest BCUT2D eigenvalue weighted by Gasteiger charge is -2.32. The lowest BCUT2D eigenvalue weighted by Crippen LogP contribution is -2.50. The predicted octanol–water partition coefficient (Wildman–Crippen LogP) is 0.786. The van der Waals surface area contributed by atoms with E-state index in [0.29, 0.717) is 0 Å². The summed E-state index contributed by atoms with van der Waals surface area (Å²) in [5.74, 6) is 0. The average molecular weight is 169 g/mol. The number of hydrogen-bond donors (Lipinski definition) is 1. The third-order valence-corrected chi connectivity index (χ3v) is 2.33. The standard InChI is InChI=1S/C8H11NO3/c1-5-6-8(2,3-4-11-5)9-7(10)12-6/h3-6H,1-2H3,(H,9,10). The van der Waals surface area contributed by atoms with Crippen molar-refractivity contribution in [2.45, 2.75) is 31.6 Å². The van der Waals surface area contributed by atoms with Crippen LogP contribution < -0.4 is 5.32 Å². The van der Waals surface area contributed by atoms with Gasteiger partial charge >= 0.3 is 6.09 Å². The van der Waals surface area contributed by atoms with Crippen molar-refractivity contribution in [3.05, 3.63) is 12.3 Å². The van der Waals surface area contributed by atoms with Crippen LogP contribution in [0.5, 0.6) is 0 Å². The lowest BCUT2D eigenvalue weighted by atomic mass is 9.91. The van der Waals surface area contributed by atoms with Gasteiger partial charge in [-0.2, -0.15) is 0 Å². The van der Waals surface area contributed by atoms with E-state index < -0.39 is 5.54 Å². The van der Waals surface area contributed by atoms with E-state index in [1.54, 1.807) is 6.26 Å². The van der Waals surface area contributed by atoms with E-state index in [1.807, 2.05) is 19.9 Å². The van der Waals surface area contributed by atoms with E-state index in [9.17, 15) is 4.79 Å². The number of carbonyl (C=O) groups excluding carboxylic acids is 1. The number of fused-ring (bicyclic) bond motifs is 1. The van der Waals surface area contributed by atoms with Crippen LogP contribution in [-0.2, 0) is 9.47 Å². The first-order valence-electron chi connectivity index (χ1n) is 3.94. The lowest BCUT2D eigenvalue weighted by molar-refractivity contribution is -0.00429. The van der Waals surface area contributed by atoms with Crippen LogP contribution in [0, 0.1) is 0 Å². The molecule has 66 valence electrons. The summed E-state index contributed by atoms with van der Waals surface area (Å²) in [6.07, 6.45) is 2.75. The van der Waals surface area contributed by atoms with Gasteiger partial charge in [0.2, 0.25) is 0 Å². The first-order valence-corrected chi connectivity index (χ1v) is 3.94. The quantitative estimate of drug-likeness (QED) is 0.583. The molecule has 0 bridgehead atoms. The van der Waals surface area contributed by atoms with Crippen molar-refractivity contribution in [3.8, 4) is 0 Å². The normalized spacial score (nSPS) is 44.3. The van der Waals surface area contributed by atoms with Crippen molar-refractivity contribution in [2.75, 3.05) is 0 Å². The molecule has 0 radical (unpaired) electrons. The first-order chi connectivity index (χ1) is 5.62. The van der Waals surface area contributed by atoms with Gasteiger partial charge in [0.05, 0.1) is 6.26 Å². The molecule has 2 rings (SSSR count). The highest BCUT2D eigenvalue weighted by Crippen LogP contribution is 2.29. The van der Waals surface area contributed by atoms with Gasteiger partial charge < -0.3 is 14.8 Å². The van der Waals surface area contributed by atoms with E-state index in [4.69, 9.17) is 9.47 Å². The van der Waals surface area contributed by atoms with Gasteiger partial charge in [-0.05, 0) is 19.9 Å². The molecule has 2 aliphatic rings. The summed E-state index contributed by atoms with van der Waals surface area (Å²) in [4.78, 5) is 10.9. The second-order valence-electron chi connectivity index (χ2n) is 3.38. The summed E-state index contributed by atoms with van der Waals surface area (Å²) < 4.78 is 10.3. The van der Waals surface area contributed by atoms with E-state index >= 15 is 0 Å². The highest BCUT2D eigenvalue weighted by Gasteiger charge is 2.48. The minimum absolute atomic E-state index is 0.0843. The number of ether oxygens (including phenoxy) is 2. The fourth-order valence-electron chi connectivity index (χ4n) is 1.65. The SMILES string of the molecule is CC1OC=CC2(C)NC(=O)OC12. The van der Waals surface area contributed by atoms with E-state index in [1.165, 1.54) is 0 Å². The third kappa shape index (κ3) is 0.873. The molecular formula is C8H11NO3. The van der Waals surface area contributed by atoms with E-state index in [-0.39, 0.29) is 18.3 Å². The zero-order chi connectivity index (χ0) is 8.77. The zero-order valence-electron chi connectivity index (χ0n) is 7.03. The molecule has 4 nitrogen and oxygen atoms in total. The number of rotatable bonds is 0. The van der Waals surface area contributed by atoms with Crippen molar-refractivity contribution in [1.29, 1.82) is 0 Å². The Labute approximate surface area is 70.5 Å². The number of hydrogen-bond acceptors (Lipinski definition) is 3. The molecule has 0 spiro atoms. The summed E-state index contributed by atoms with van der Waals surface area (Å²) in [5, 5.41) is 2.73. The highest BCUT2D eigenvalue weighted by atomic mass is 16.6. The molecular weight excluding hydrogens is 158 g/mol. The Hall–Kier alpha value is -1.19. The van der Waals surface area contributed by atoms with Crippen LogP contribution in [0.25, 0.3) is 0 Å². The Bertz CT molecular complexity index is 251.